The standard InChI is InChI=1S/C26H37N5O3/c1-3-34-25(33)29-23(21-12-8-5-9-13-21)28-22(18-20-10-6-4-7-11-20)24(32)30-26(19-27)14-16-31(2)17-15-26/h5,8-9,12-13,20,22H,3-4,6-7,10-11,14-18H2,1-2H3,(H,30,32)(H,28,29,33)/t22-/m0/s1. The molecule has 2 fully saturated rings. The Labute approximate surface area is 202 Å². The average molecular weight is 468 g/mol. The Morgan fingerprint density at radius 3 is 2.50 bits per heavy atom. The van der Waals surface area contributed by atoms with Gasteiger partial charge < -0.3 is 15.0 Å². The molecule has 1 aliphatic heterocycles. The summed E-state index contributed by atoms with van der Waals surface area (Å²) >= 11 is 0. The molecule has 1 aromatic rings. The first kappa shape index (κ1) is 25.7. The summed E-state index contributed by atoms with van der Waals surface area (Å²) in [4.78, 5) is 32.8. The molecule has 0 radical (unpaired) electrons. The van der Waals surface area contributed by atoms with Gasteiger partial charge in [0.15, 0.2) is 0 Å². The summed E-state index contributed by atoms with van der Waals surface area (Å²) in [6, 6.07) is 10.9. The van der Waals surface area contributed by atoms with E-state index in [1.807, 2.05) is 37.4 Å². The second kappa shape index (κ2) is 12.5. The van der Waals surface area contributed by atoms with Crippen molar-refractivity contribution in [3.05, 3.63) is 35.9 Å². The summed E-state index contributed by atoms with van der Waals surface area (Å²) < 4.78 is 5.07. The second-order valence-corrected chi connectivity index (χ2v) is 9.43. The molecule has 0 bridgehead atoms. The van der Waals surface area contributed by atoms with E-state index >= 15 is 0 Å². The number of piperidine rings is 1. The third-order valence-corrected chi connectivity index (χ3v) is 6.83. The summed E-state index contributed by atoms with van der Waals surface area (Å²) in [6.07, 6.45) is 6.82. The summed E-state index contributed by atoms with van der Waals surface area (Å²) in [5.74, 6) is 0.448. The minimum Gasteiger partial charge on any atom is -0.450 e. The molecule has 8 nitrogen and oxygen atoms in total. The number of alkyl carbamates (subject to hydrolysis) is 1. The molecule has 1 aliphatic carbocycles. The number of nitrogens with zero attached hydrogens (tertiary/aromatic N) is 3. The Hall–Kier alpha value is -2.92. The summed E-state index contributed by atoms with van der Waals surface area (Å²) in [5.41, 5.74) is -0.183. The number of nitrogens with one attached hydrogen (secondary N) is 2. The van der Waals surface area contributed by atoms with Crippen molar-refractivity contribution in [1.29, 1.82) is 5.26 Å². The number of carbonyl (C=O) groups excluding carboxylic acids is 2. The van der Waals surface area contributed by atoms with Crippen molar-refractivity contribution in [3.8, 4) is 6.07 Å². The maximum absolute atomic E-state index is 13.6. The topological polar surface area (TPSA) is 107 Å². The molecule has 34 heavy (non-hydrogen) atoms. The second-order valence-electron chi connectivity index (χ2n) is 9.43. The first-order valence-corrected chi connectivity index (χ1v) is 12.4. The molecule has 1 aromatic carbocycles. The maximum atomic E-state index is 13.6. The SMILES string of the molecule is CCOC(=O)NC(=N[C@@H](CC1CCCCC1)C(=O)NC1(C#N)CCN(C)CC1)c1ccccc1. The van der Waals surface area contributed by atoms with Crippen molar-refractivity contribution < 1.29 is 14.3 Å². The Morgan fingerprint density at radius 1 is 1.21 bits per heavy atom. The number of nitriles is 1. The number of amides is 2. The normalized spacial score (nSPS) is 20.1. The minimum absolute atomic E-state index is 0.235. The molecule has 1 saturated carbocycles. The van der Waals surface area contributed by atoms with E-state index in [1.165, 1.54) is 6.42 Å². The number of hydrogen-bond donors (Lipinski definition) is 2. The number of amidine groups is 1. The van der Waals surface area contributed by atoms with E-state index in [0.29, 0.717) is 36.6 Å². The molecule has 1 heterocycles. The molecule has 0 aromatic heterocycles. The van der Waals surface area contributed by atoms with E-state index in [0.717, 1.165) is 38.8 Å². The first-order chi connectivity index (χ1) is 16.4. The van der Waals surface area contributed by atoms with E-state index < -0.39 is 17.7 Å². The quantitative estimate of drug-likeness (QED) is 0.470. The van der Waals surface area contributed by atoms with Crippen molar-refractivity contribution in [3.63, 3.8) is 0 Å². The van der Waals surface area contributed by atoms with Gasteiger partial charge in [0.25, 0.3) is 0 Å². The Kier molecular flexibility index (Phi) is 9.46. The van der Waals surface area contributed by atoms with Crippen LogP contribution >= 0.6 is 0 Å². The van der Waals surface area contributed by atoms with Gasteiger partial charge in [0.2, 0.25) is 5.91 Å². The Balaban J connectivity index is 1.88. The fourth-order valence-corrected chi connectivity index (χ4v) is 4.74. The van der Waals surface area contributed by atoms with E-state index in [9.17, 15) is 14.9 Å². The third kappa shape index (κ3) is 7.29. The zero-order valence-corrected chi connectivity index (χ0v) is 20.4. The fourth-order valence-electron chi connectivity index (χ4n) is 4.74. The van der Waals surface area contributed by atoms with Crippen LogP contribution in [0.25, 0.3) is 0 Å². The fraction of sp³-hybridized carbons (Fsp3) is 0.615. The number of rotatable bonds is 7. The van der Waals surface area contributed by atoms with Gasteiger partial charge in [-0.15, -0.1) is 0 Å². The minimum atomic E-state index is -0.884. The Bertz CT molecular complexity index is 881. The van der Waals surface area contributed by atoms with Crippen LogP contribution in [0, 0.1) is 17.2 Å². The van der Waals surface area contributed by atoms with Crippen LogP contribution in [0.3, 0.4) is 0 Å². The highest BCUT2D eigenvalue weighted by atomic mass is 16.5. The molecule has 3 rings (SSSR count). The molecule has 0 unspecified atom stereocenters. The molecule has 1 saturated heterocycles. The predicted molar refractivity (Wildman–Crippen MR) is 131 cm³/mol. The van der Waals surface area contributed by atoms with Crippen LogP contribution < -0.4 is 10.6 Å². The number of likely N-dealkylation sites (tertiary alicyclic amines) is 1. The molecule has 2 amide bonds. The maximum Gasteiger partial charge on any atom is 0.412 e. The van der Waals surface area contributed by atoms with Gasteiger partial charge >= 0.3 is 6.09 Å². The van der Waals surface area contributed by atoms with E-state index in [-0.39, 0.29) is 12.5 Å². The molecule has 184 valence electrons. The number of carbonyl (C=O) groups is 2. The highest BCUT2D eigenvalue weighted by Crippen LogP contribution is 2.29. The van der Waals surface area contributed by atoms with Gasteiger partial charge in [-0.1, -0.05) is 62.4 Å². The van der Waals surface area contributed by atoms with Crippen LogP contribution in [0.5, 0.6) is 0 Å². The summed E-state index contributed by atoms with van der Waals surface area (Å²) in [5, 5.41) is 15.7. The van der Waals surface area contributed by atoms with Crippen LogP contribution in [0.2, 0.25) is 0 Å². The molecular weight excluding hydrogens is 430 g/mol. The van der Waals surface area contributed by atoms with Crippen LogP contribution in [-0.2, 0) is 9.53 Å². The zero-order valence-electron chi connectivity index (χ0n) is 20.4. The molecule has 0 spiro atoms. The largest absolute Gasteiger partial charge is 0.450 e. The highest BCUT2D eigenvalue weighted by molar-refractivity contribution is 6.07. The van der Waals surface area contributed by atoms with Crippen LogP contribution in [-0.4, -0.2) is 61.1 Å². The van der Waals surface area contributed by atoms with Crippen LogP contribution in [0.1, 0.15) is 63.9 Å². The number of ether oxygens (including phenoxy) is 1. The van der Waals surface area contributed by atoms with Crippen molar-refractivity contribution in [2.75, 3.05) is 26.7 Å². The monoisotopic (exact) mass is 467 g/mol. The average Bonchev–Trinajstić information content (AvgIpc) is 2.86. The van der Waals surface area contributed by atoms with Gasteiger partial charge in [-0.3, -0.25) is 15.1 Å². The predicted octanol–water partition coefficient (Wildman–Crippen LogP) is 3.62. The smallest absolute Gasteiger partial charge is 0.412 e. The number of hydrogen-bond acceptors (Lipinski definition) is 6. The number of aliphatic imine (C=N–C) groups is 1. The van der Waals surface area contributed by atoms with Crippen molar-refractivity contribution in [2.45, 2.75) is 69.9 Å². The van der Waals surface area contributed by atoms with Crippen molar-refractivity contribution in [1.82, 2.24) is 15.5 Å². The van der Waals surface area contributed by atoms with E-state index in [2.05, 4.69) is 21.6 Å². The lowest BCUT2D eigenvalue weighted by Crippen LogP contribution is -2.56. The molecular formula is C26H37N5O3. The van der Waals surface area contributed by atoms with Gasteiger partial charge in [0.05, 0.1) is 12.7 Å². The molecule has 1 atom stereocenters. The zero-order chi connectivity index (χ0) is 24.4. The first-order valence-electron chi connectivity index (χ1n) is 12.4. The highest BCUT2D eigenvalue weighted by Gasteiger charge is 2.37. The lowest BCUT2D eigenvalue weighted by Gasteiger charge is -2.37. The lowest BCUT2D eigenvalue weighted by molar-refractivity contribution is -0.124. The third-order valence-electron chi connectivity index (χ3n) is 6.83. The molecule has 2 aliphatic rings. The van der Waals surface area contributed by atoms with Gasteiger partial charge in [0, 0.05) is 18.7 Å². The van der Waals surface area contributed by atoms with Crippen LogP contribution in [0.4, 0.5) is 4.79 Å². The van der Waals surface area contributed by atoms with E-state index in [1.54, 1.807) is 6.92 Å². The molecule has 8 heteroatoms. The Morgan fingerprint density at radius 2 is 1.88 bits per heavy atom. The summed E-state index contributed by atoms with van der Waals surface area (Å²) in [6.45, 7) is 3.48. The van der Waals surface area contributed by atoms with Gasteiger partial charge in [-0.2, -0.15) is 5.26 Å². The van der Waals surface area contributed by atoms with Crippen molar-refractivity contribution >= 4 is 17.8 Å². The summed E-state index contributed by atoms with van der Waals surface area (Å²) in [7, 11) is 2.02. The van der Waals surface area contributed by atoms with Gasteiger partial charge in [-0.25, -0.2) is 4.79 Å². The number of benzene rings is 1. The lowest BCUT2D eigenvalue weighted by atomic mass is 9.84. The van der Waals surface area contributed by atoms with Gasteiger partial charge in [0.1, 0.15) is 17.4 Å². The van der Waals surface area contributed by atoms with Gasteiger partial charge in [-0.05, 0) is 39.2 Å². The van der Waals surface area contributed by atoms with E-state index in [4.69, 9.17) is 9.73 Å². The molecule has 2 N–H and O–H groups in total. The van der Waals surface area contributed by atoms with Crippen LogP contribution in [0.15, 0.2) is 35.3 Å². The van der Waals surface area contributed by atoms with Crippen molar-refractivity contribution in [2.24, 2.45) is 10.9 Å².